The normalized spacial score (nSPS) is 10.6. The minimum atomic E-state index is -2.95. The van der Waals surface area contributed by atoms with Gasteiger partial charge in [0.25, 0.3) is 6.43 Å². The first-order chi connectivity index (χ1) is 6.45. The molecule has 4 nitrogen and oxygen atoms in total. The van der Waals surface area contributed by atoms with Gasteiger partial charge >= 0.3 is 5.69 Å². The van der Waals surface area contributed by atoms with Crippen LogP contribution in [0.25, 0.3) is 0 Å². The summed E-state index contributed by atoms with van der Waals surface area (Å²) in [6.07, 6.45) is -1.80. The van der Waals surface area contributed by atoms with Crippen LogP contribution < -0.4 is 0 Å². The summed E-state index contributed by atoms with van der Waals surface area (Å²) < 4.78 is 25.1. The van der Waals surface area contributed by atoms with Crippen molar-refractivity contribution in [1.82, 2.24) is 4.98 Å². The van der Waals surface area contributed by atoms with E-state index in [1.165, 1.54) is 0 Å². The smallest absolute Gasteiger partial charge is 0.258 e. The van der Waals surface area contributed by atoms with Crippen molar-refractivity contribution in [2.75, 3.05) is 0 Å². The lowest BCUT2D eigenvalue weighted by atomic mass is 10.3. The number of pyridine rings is 1. The van der Waals surface area contributed by atoms with E-state index in [1.54, 1.807) is 22.6 Å². The maximum atomic E-state index is 12.3. The van der Waals surface area contributed by atoms with Crippen LogP contribution >= 0.6 is 38.5 Å². The van der Waals surface area contributed by atoms with Crippen LogP contribution in [0.1, 0.15) is 12.1 Å². The lowest BCUT2D eigenvalue weighted by Crippen LogP contribution is -2.01. The zero-order valence-electron chi connectivity index (χ0n) is 6.38. The van der Waals surface area contributed by atoms with Crippen LogP contribution in [-0.2, 0) is 0 Å². The van der Waals surface area contributed by atoms with Gasteiger partial charge in [-0.1, -0.05) is 0 Å². The lowest BCUT2D eigenvalue weighted by molar-refractivity contribution is -0.387. The van der Waals surface area contributed by atoms with Crippen LogP contribution in [0.2, 0.25) is 0 Å². The number of hydrogen-bond acceptors (Lipinski definition) is 3. The molecule has 0 saturated carbocycles. The molecule has 14 heavy (non-hydrogen) atoms. The van der Waals surface area contributed by atoms with Crippen molar-refractivity contribution >= 4 is 44.2 Å². The summed E-state index contributed by atoms with van der Waals surface area (Å²) >= 11 is 4.64. The Kier molecular flexibility index (Phi) is 3.70. The molecule has 8 heteroatoms. The Balaban J connectivity index is 3.45. The summed E-state index contributed by atoms with van der Waals surface area (Å²) in [4.78, 5) is 13.0. The third-order valence-electron chi connectivity index (χ3n) is 1.37. The molecule has 0 radical (unpaired) electrons. The van der Waals surface area contributed by atoms with Crippen molar-refractivity contribution in [3.05, 3.63) is 30.0 Å². The average molecular weight is 379 g/mol. The van der Waals surface area contributed by atoms with Crippen LogP contribution in [0, 0.1) is 13.7 Å². The van der Waals surface area contributed by atoms with Gasteiger partial charge in [-0.15, -0.1) is 0 Å². The van der Waals surface area contributed by atoms with E-state index in [9.17, 15) is 18.9 Å². The molecule has 1 aromatic heterocycles. The van der Waals surface area contributed by atoms with E-state index < -0.39 is 22.7 Å². The zero-order chi connectivity index (χ0) is 10.9. The van der Waals surface area contributed by atoms with Gasteiger partial charge in [0, 0.05) is 6.20 Å². The summed E-state index contributed by atoms with van der Waals surface area (Å²) in [7, 11) is 0. The number of nitrogens with zero attached hydrogens (tertiary/aromatic N) is 2. The Morgan fingerprint density at radius 2 is 2.21 bits per heavy atom. The predicted octanol–water partition coefficient (Wildman–Crippen LogP) is 3.29. The highest BCUT2D eigenvalue weighted by atomic mass is 127. The first-order valence-corrected chi connectivity index (χ1v) is 5.08. The molecule has 0 atom stereocenters. The zero-order valence-corrected chi connectivity index (χ0v) is 10.1. The van der Waals surface area contributed by atoms with E-state index in [0.29, 0.717) is 3.57 Å². The first-order valence-electron chi connectivity index (χ1n) is 3.21. The van der Waals surface area contributed by atoms with Crippen molar-refractivity contribution < 1.29 is 13.7 Å². The van der Waals surface area contributed by atoms with E-state index >= 15 is 0 Å². The monoisotopic (exact) mass is 378 g/mol. The Hall–Kier alpha value is -0.380. The van der Waals surface area contributed by atoms with Gasteiger partial charge in [0.15, 0.2) is 5.69 Å². The van der Waals surface area contributed by atoms with Gasteiger partial charge in [0.2, 0.25) is 0 Å². The molecule has 1 aromatic rings. The van der Waals surface area contributed by atoms with Gasteiger partial charge in [0.05, 0.1) is 8.49 Å². The van der Waals surface area contributed by atoms with Crippen molar-refractivity contribution in [2.45, 2.75) is 6.43 Å². The van der Waals surface area contributed by atoms with Crippen LogP contribution in [0.3, 0.4) is 0 Å². The SMILES string of the molecule is O=[N+]([O-])c1c(C(F)F)ncc(I)c1Br. The fourth-order valence-electron chi connectivity index (χ4n) is 0.803. The second kappa shape index (κ2) is 4.43. The first kappa shape index (κ1) is 11.7. The van der Waals surface area contributed by atoms with Gasteiger partial charge in [0.1, 0.15) is 4.47 Å². The third-order valence-corrected chi connectivity index (χ3v) is 3.73. The third kappa shape index (κ3) is 2.16. The molecule has 1 rings (SSSR count). The maximum absolute atomic E-state index is 12.3. The quantitative estimate of drug-likeness (QED) is 0.450. The number of hydrogen-bond donors (Lipinski definition) is 0. The van der Waals surface area contributed by atoms with Gasteiger partial charge in [-0.05, 0) is 38.5 Å². The summed E-state index contributed by atoms with van der Waals surface area (Å²) in [6, 6.07) is 0. The standard InChI is InChI=1S/C6H2BrF2IN2O2/c7-3-2(10)1-11-4(6(8)9)5(3)12(13)14/h1,6H. The molecular formula is C6H2BrF2IN2O2. The summed E-state index contributed by atoms with van der Waals surface area (Å²) in [5.74, 6) is 0. The molecule has 1 heterocycles. The largest absolute Gasteiger partial charge is 0.311 e. The second-order valence-electron chi connectivity index (χ2n) is 2.21. The molecule has 0 aliphatic carbocycles. The highest BCUT2D eigenvalue weighted by Crippen LogP contribution is 2.35. The van der Waals surface area contributed by atoms with E-state index in [1.807, 2.05) is 0 Å². The minimum absolute atomic E-state index is 0.0356. The van der Waals surface area contributed by atoms with Crippen molar-refractivity contribution in [3.8, 4) is 0 Å². The Morgan fingerprint density at radius 3 is 2.64 bits per heavy atom. The lowest BCUT2D eigenvalue weighted by Gasteiger charge is -2.03. The van der Waals surface area contributed by atoms with E-state index in [2.05, 4.69) is 20.9 Å². The van der Waals surface area contributed by atoms with Crippen LogP contribution in [0.15, 0.2) is 10.7 Å². The predicted molar refractivity (Wildman–Crippen MR) is 56.3 cm³/mol. The molecule has 0 spiro atoms. The van der Waals surface area contributed by atoms with E-state index in [0.717, 1.165) is 6.20 Å². The molecule has 0 N–H and O–H groups in total. The van der Waals surface area contributed by atoms with Crippen LogP contribution in [0.4, 0.5) is 14.5 Å². The Labute approximate surface area is 99.1 Å². The Morgan fingerprint density at radius 1 is 1.64 bits per heavy atom. The molecular weight excluding hydrogens is 377 g/mol. The van der Waals surface area contributed by atoms with Crippen molar-refractivity contribution in [2.24, 2.45) is 0 Å². The molecule has 0 aliphatic rings. The molecule has 0 aliphatic heterocycles. The highest BCUT2D eigenvalue weighted by Gasteiger charge is 2.27. The van der Waals surface area contributed by atoms with Gasteiger partial charge in [-0.2, -0.15) is 0 Å². The summed E-state index contributed by atoms with van der Waals surface area (Å²) in [5.41, 5.74) is -1.49. The topological polar surface area (TPSA) is 56.0 Å². The fourth-order valence-corrected chi connectivity index (χ4v) is 1.65. The molecule has 0 bridgehead atoms. The number of halogens is 4. The maximum Gasteiger partial charge on any atom is 0.311 e. The molecule has 0 amide bonds. The summed E-state index contributed by atoms with van der Waals surface area (Å²) in [6.45, 7) is 0. The molecule has 0 aromatic carbocycles. The number of alkyl halides is 2. The van der Waals surface area contributed by atoms with Gasteiger partial charge < -0.3 is 0 Å². The summed E-state index contributed by atoms with van der Waals surface area (Å²) in [5, 5.41) is 10.5. The minimum Gasteiger partial charge on any atom is -0.258 e. The van der Waals surface area contributed by atoms with Gasteiger partial charge in [-0.25, -0.2) is 13.8 Å². The second-order valence-corrected chi connectivity index (χ2v) is 4.17. The molecule has 0 saturated heterocycles. The van der Waals surface area contributed by atoms with E-state index in [-0.39, 0.29) is 4.47 Å². The number of rotatable bonds is 2. The van der Waals surface area contributed by atoms with Crippen molar-refractivity contribution in [1.29, 1.82) is 0 Å². The van der Waals surface area contributed by atoms with E-state index in [4.69, 9.17) is 0 Å². The highest BCUT2D eigenvalue weighted by molar-refractivity contribution is 14.1. The van der Waals surface area contributed by atoms with Gasteiger partial charge in [-0.3, -0.25) is 10.1 Å². The number of nitro groups is 1. The van der Waals surface area contributed by atoms with Crippen LogP contribution in [0.5, 0.6) is 0 Å². The Bertz CT molecular complexity index is 388. The molecule has 0 unspecified atom stereocenters. The van der Waals surface area contributed by atoms with Crippen LogP contribution in [-0.4, -0.2) is 9.91 Å². The fraction of sp³-hybridized carbons (Fsp3) is 0.167. The van der Waals surface area contributed by atoms with Crippen molar-refractivity contribution in [3.63, 3.8) is 0 Å². The molecule has 76 valence electrons. The average Bonchev–Trinajstić information content (AvgIpc) is 2.08. The number of aromatic nitrogens is 1. The molecule has 0 fully saturated rings.